The lowest BCUT2D eigenvalue weighted by atomic mass is 10.1. The topological polar surface area (TPSA) is 29.9 Å². The van der Waals surface area contributed by atoms with Gasteiger partial charge in [0.05, 0.1) is 12.7 Å². The molecule has 0 spiro atoms. The number of nitrogens with one attached hydrogen (secondary N) is 1. The molecule has 108 valence electrons. The van der Waals surface area contributed by atoms with Crippen LogP contribution in [0.15, 0.2) is 36.7 Å². The Bertz CT molecular complexity index is 519. The van der Waals surface area contributed by atoms with Crippen molar-refractivity contribution >= 4 is 22.6 Å². The molecular weight excluding hydrogens is 361 g/mol. The van der Waals surface area contributed by atoms with Crippen LogP contribution in [0.4, 0.5) is 0 Å². The standard InChI is InChI=1S/C16H22IN3/c1-3-9-18-16(4-2)14-10-19-20(12-14)11-13-5-7-15(17)8-6-13/h5-8,10,12,16,18H,3-4,9,11H2,1-2H3. The average molecular weight is 383 g/mol. The van der Waals surface area contributed by atoms with Gasteiger partial charge in [0.15, 0.2) is 0 Å². The molecule has 0 fully saturated rings. The van der Waals surface area contributed by atoms with Crippen molar-refractivity contribution < 1.29 is 0 Å². The Hall–Kier alpha value is -0.880. The van der Waals surface area contributed by atoms with E-state index in [9.17, 15) is 0 Å². The maximum atomic E-state index is 4.49. The molecule has 1 aromatic heterocycles. The van der Waals surface area contributed by atoms with Crippen molar-refractivity contribution in [1.29, 1.82) is 0 Å². The lowest BCUT2D eigenvalue weighted by molar-refractivity contribution is 0.517. The molecule has 0 aliphatic carbocycles. The second-order valence-corrected chi connectivity index (χ2v) is 6.26. The predicted molar refractivity (Wildman–Crippen MR) is 91.8 cm³/mol. The van der Waals surface area contributed by atoms with Crippen molar-refractivity contribution in [3.8, 4) is 0 Å². The fourth-order valence-electron chi connectivity index (χ4n) is 2.24. The highest BCUT2D eigenvalue weighted by Crippen LogP contribution is 2.16. The number of aromatic nitrogens is 2. The van der Waals surface area contributed by atoms with E-state index < -0.39 is 0 Å². The minimum atomic E-state index is 0.417. The monoisotopic (exact) mass is 383 g/mol. The van der Waals surface area contributed by atoms with Gasteiger partial charge in [0.25, 0.3) is 0 Å². The van der Waals surface area contributed by atoms with Gasteiger partial charge in [-0.1, -0.05) is 26.0 Å². The van der Waals surface area contributed by atoms with Crippen LogP contribution in [-0.4, -0.2) is 16.3 Å². The van der Waals surface area contributed by atoms with Gasteiger partial charge in [-0.15, -0.1) is 0 Å². The average Bonchev–Trinajstić information content (AvgIpc) is 2.91. The SMILES string of the molecule is CCCNC(CC)c1cnn(Cc2ccc(I)cc2)c1. The molecule has 0 aliphatic heterocycles. The highest BCUT2D eigenvalue weighted by Gasteiger charge is 2.10. The van der Waals surface area contributed by atoms with Gasteiger partial charge in [-0.05, 0) is 59.7 Å². The molecule has 2 rings (SSSR count). The van der Waals surface area contributed by atoms with Crippen LogP contribution in [0.3, 0.4) is 0 Å². The zero-order chi connectivity index (χ0) is 14.4. The molecule has 1 unspecified atom stereocenters. The third-order valence-corrected chi connectivity index (χ3v) is 4.08. The smallest absolute Gasteiger partial charge is 0.0659 e. The summed E-state index contributed by atoms with van der Waals surface area (Å²) in [6, 6.07) is 9.02. The Kier molecular flexibility index (Phi) is 6.04. The van der Waals surface area contributed by atoms with Gasteiger partial charge in [-0.25, -0.2) is 0 Å². The van der Waals surface area contributed by atoms with Gasteiger partial charge in [-0.2, -0.15) is 5.10 Å². The van der Waals surface area contributed by atoms with Crippen molar-refractivity contribution in [2.45, 2.75) is 39.3 Å². The van der Waals surface area contributed by atoms with Crippen molar-refractivity contribution in [2.24, 2.45) is 0 Å². The van der Waals surface area contributed by atoms with Crippen molar-refractivity contribution in [3.05, 3.63) is 51.4 Å². The third kappa shape index (κ3) is 4.31. The van der Waals surface area contributed by atoms with Gasteiger partial charge in [-0.3, -0.25) is 4.68 Å². The van der Waals surface area contributed by atoms with E-state index in [0.717, 1.165) is 25.9 Å². The molecule has 1 atom stereocenters. The summed E-state index contributed by atoms with van der Waals surface area (Å²) >= 11 is 2.33. The molecule has 0 bridgehead atoms. The molecule has 0 saturated heterocycles. The highest BCUT2D eigenvalue weighted by atomic mass is 127. The summed E-state index contributed by atoms with van der Waals surface area (Å²) in [5.74, 6) is 0. The molecule has 0 saturated carbocycles. The molecule has 2 aromatic rings. The van der Waals surface area contributed by atoms with Crippen LogP contribution in [-0.2, 0) is 6.54 Å². The molecule has 20 heavy (non-hydrogen) atoms. The summed E-state index contributed by atoms with van der Waals surface area (Å²) in [4.78, 5) is 0. The van der Waals surface area contributed by atoms with E-state index in [0.29, 0.717) is 6.04 Å². The van der Waals surface area contributed by atoms with Gasteiger partial charge >= 0.3 is 0 Å². The summed E-state index contributed by atoms with van der Waals surface area (Å²) in [5, 5.41) is 8.05. The largest absolute Gasteiger partial charge is 0.310 e. The number of hydrogen-bond acceptors (Lipinski definition) is 2. The normalized spacial score (nSPS) is 12.6. The molecule has 4 heteroatoms. The molecule has 0 radical (unpaired) electrons. The van der Waals surface area contributed by atoms with Crippen LogP contribution in [0.25, 0.3) is 0 Å². The Labute approximate surface area is 134 Å². The fraction of sp³-hybridized carbons (Fsp3) is 0.438. The van der Waals surface area contributed by atoms with E-state index in [1.165, 1.54) is 14.7 Å². The Morgan fingerprint density at radius 3 is 2.65 bits per heavy atom. The van der Waals surface area contributed by atoms with E-state index >= 15 is 0 Å². The van der Waals surface area contributed by atoms with E-state index in [4.69, 9.17) is 0 Å². The Morgan fingerprint density at radius 2 is 2.00 bits per heavy atom. The lowest BCUT2D eigenvalue weighted by Crippen LogP contribution is -2.21. The van der Waals surface area contributed by atoms with Crippen LogP contribution >= 0.6 is 22.6 Å². The van der Waals surface area contributed by atoms with Crippen molar-refractivity contribution in [1.82, 2.24) is 15.1 Å². The first kappa shape index (κ1) is 15.5. The zero-order valence-corrected chi connectivity index (χ0v) is 14.3. The molecule has 1 N–H and O–H groups in total. The number of halogens is 1. The second kappa shape index (κ2) is 7.78. The molecule has 1 heterocycles. The van der Waals surface area contributed by atoms with Crippen LogP contribution in [0.5, 0.6) is 0 Å². The highest BCUT2D eigenvalue weighted by molar-refractivity contribution is 14.1. The maximum Gasteiger partial charge on any atom is 0.0659 e. The van der Waals surface area contributed by atoms with Gasteiger partial charge in [0.1, 0.15) is 0 Å². The van der Waals surface area contributed by atoms with Gasteiger partial charge in [0, 0.05) is 21.4 Å². The molecule has 1 aromatic carbocycles. The Morgan fingerprint density at radius 1 is 1.25 bits per heavy atom. The third-order valence-electron chi connectivity index (χ3n) is 3.36. The molecule has 0 aliphatic rings. The molecule has 0 amide bonds. The van der Waals surface area contributed by atoms with Gasteiger partial charge < -0.3 is 5.32 Å². The lowest BCUT2D eigenvalue weighted by Gasteiger charge is -2.14. The van der Waals surface area contributed by atoms with E-state index in [2.05, 4.69) is 77.3 Å². The fourth-order valence-corrected chi connectivity index (χ4v) is 2.60. The van der Waals surface area contributed by atoms with Crippen LogP contribution in [0.2, 0.25) is 0 Å². The summed E-state index contributed by atoms with van der Waals surface area (Å²) < 4.78 is 3.29. The van der Waals surface area contributed by atoms with Crippen molar-refractivity contribution in [3.63, 3.8) is 0 Å². The summed E-state index contributed by atoms with van der Waals surface area (Å²) in [6.07, 6.45) is 6.40. The van der Waals surface area contributed by atoms with Crippen molar-refractivity contribution in [2.75, 3.05) is 6.54 Å². The molecular formula is C16H22IN3. The van der Waals surface area contributed by atoms with E-state index in [-0.39, 0.29) is 0 Å². The minimum Gasteiger partial charge on any atom is -0.310 e. The quantitative estimate of drug-likeness (QED) is 0.733. The van der Waals surface area contributed by atoms with E-state index in [1.54, 1.807) is 0 Å². The minimum absolute atomic E-state index is 0.417. The second-order valence-electron chi connectivity index (χ2n) is 5.01. The van der Waals surface area contributed by atoms with E-state index in [1.807, 2.05) is 10.9 Å². The zero-order valence-electron chi connectivity index (χ0n) is 12.1. The summed E-state index contributed by atoms with van der Waals surface area (Å²) in [6.45, 7) is 6.30. The number of benzene rings is 1. The summed E-state index contributed by atoms with van der Waals surface area (Å²) in [5.41, 5.74) is 2.57. The maximum absolute atomic E-state index is 4.49. The first-order chi connectivity index (χ1) is 9.72. The van der Waals surface area contributed by atoms with Crippen LogP contribution in [0, 0.1) is 3.57 Å². The van der Waals surface area contributed by atoms with Gasteiger partial charge in [0.2, 0.25) is 0 Å². The number of nitrogens with zero attached hydrogens (tertiary/aromatic N) is 2. The van der Waals surface area contributed by atoms with Crippen LogP contribution < -0.4 is 5.32 Å². The Balaban J connectivity index is 2.02. The molecule has 3 nitrogen and oxygen atoms in total. The first-order valence-corrected chi connectivity index (χ1v) is 8.31. The van der Waals surface area contributed by atoms with Crippen LogP contribution in [0.1, 0.15) is 43.9 Å². The predicted octanol–water partition coefficient (Wildman–Crippen LogP) is 3.99. The first-order valence-electron chi connectivity index (χ1n) is 7.23. The number of rotatable bonds is 7. The number of hydrogen-bond donors (Lipinski definition) is 1. The summed E-state index contributed by atoms with van der Waals surface area (Å²) in [7, 11) is 0.